The van der Waals surface area contributed by atoms with Crippen molar-refractivity contribution in [1.82, 2.24) is 5.32 Å². The molecule has 2 aromatic rings. The number of benzene rings is 2. The summed E-state index contributed by atoms with van der Waals surface area (Å²) >= 11 is 0. The molecule has 0 bridgehead atoms. The maximum Gasteiger partial charge on any atom is 0.253 e. The van der Waals surface area contributed by atoms with Crippen molar-refractivity contribution in [3.8, 4) is 5.75 Å². The highest BCUT2D eigenvalue weighted by atomic mass is 19.1. The molecule has 162 valence electrons. The lowest BCUT2D eigenvalue weighted by Crippen LogP contribution is -2.38. The molecule has 1 heterocycles. The first kappa shape index (κ1) is 21.1. The van der Waals surface area contributed by atoms with Crippen LogP contribution in [0.25, 0.3) is 5.57 Å². The van der Waals surface area contributed by atoms with Crippen LogP contribution >= 0.6 is 0 Å². The van der Waals surface area contributed by atoms with Gasteiger partial charge in [0.15, 0.2) is 0 Å². The van der Waals surface area contributed by atoms with E-state index in [1.165, 1.54) is 6.42 Å². The van der Waals surface area contributed by atoms with E-state index in [1.807, 2.05) is 24.3 Å². The Balaban J connectivity index is 1.68. The van der Waals surface area contributed by atoms with Gasteiger partial charge in [0.25, 0.3) is 5.91 Å². The summed E-state index contributed by atoms with van der Waals surface area (Å²) in [6.45, 7) is 4.21. The largest absolute Gasteiger partial charge is 0.497 e. The van der Waals surface area contributed by atoms with Crippen molar-refractivity contribution in [2.24, 2.45) is 0 Å². The third-order valence-electron chi connectivity index (χ3n) is 5.97. The fraction of sp³-hybridized carbons (Fsp3) is 0.320. The van der Waals surface area contributed by atoms with Gasteiger partial charge in [-0.3, -0.25) is 4.79 Å². The molecule has 1 N–H and O–H groups in total. The van der Waals surface area contributed by atoms with Gasteiger partial charge in [-0.1, -0.05) is 38.0 Å². The highest BCUT2D eigenvalue weighted by Gasteiger charge is 2.31. The van der Waals surface area contributed by atoms with Gasteiger partial charge in [-0.25, -0.2) is 8.78 Å². The Morgan fingerprint density at radius 2 is 1.77 bits per heavy atom. The summed E-state index contributed by atoms with van der Waals surface area (Å²) in [6, 6.07) is 9.60. The Hall–Kier alpha value is -3.15. The molecule has 6 heteroatoms. The van der Waals surface area contributed by atoms with E-state index in [-0.39, 0.29) is 40.9 Å². The first-order chi connectivity index (χ1) is 15.0. The van der Waals surface area contributed by atoms with Gasteiger partial charge in [0, 0.05) is 24.4 Å². The maximum absolute atomic E-state index is 14.8. The first-order valence-corrected chi connectivity index (χ1v) is 10.6. The molecule has 0 atom stereocenters. The van der Waals surface area contributed by atoms with E-state index in [9.17, 15) is 13.6 Å². The zero-order valence-corrected chi connectivity index (χ0v) is 17.6. The van der Waals surface area contributed by atoms with Gasteiger partial charge in [0.2, 0.25) is 0 Å². The number of anilines is 1. The second-order valence-corrected chi connectivity index (χ2v) is 8.06. The van der Waals surface area contributed by atoms with Crippen molar-refractivity contribution < 1.29 is 18.3 Å². The van der Waals surface area contributed by atoms with Crippen molar-refractivity contribution in [2.75, 3.05) is 12.0 Å². The summed E-state index contributed by atoms with van der Waals surface area (Å²) in [4.78, 5) is 14.6. The average Bonchev–Trinajstić information content (AvgIpc) is 2.78. The van der Waals surface area contributed by atoms with Gasteiger partial charge in [-0.15, -0.1) is 0 Å². The number of halogens is 2. The second-order valence-electron chi connectivity index (χ2n) is 8.06. The summed E-state index contributed by atoms with van der Waals surface area (Å²) in [5, 5.41) is 3.06. The zero-order chi connectivity index (χ0) is 22.0. The van der Waals surface area contributed by atoms with Gasteiger partial charge in [-0.05, 0) is 48.2 Å². The molecule has 2 aliphatic rings. The van der Waals surface area contributed by atoms with E-state index in [0.717, 1.165) is 43.4 Å². The molecule has 1 amide bonds. The molecular formula is C25H26F2N2O2. The maximum atomic E-state index is 14.8. The fourth-order valence-corrected chi connectivity index (χ4v) is 4.30. The summed E-state index contributed by atoms with van der Waals surface area (Å²) in [7, 11) is 1.58. The predicted octanol–water partition coefficient (Wildman–Crippen LogP) is 5.34. The molecule has 0 radical (unpaired) electrons. The lowest BCUT2D eigenvalue weighted by Gasteiger charge is -2.32. The van der Waals surface area contributed by atoms with Crippen LogP contribution in [0.5, 0.6) is 5.75 Å². The molecule has 0 saturated heterocycles. The summed E-state index contributed by atoms with van der Waals surface area (Å²) in [6.07, 6.45) is 6.78. The Bertz CT molecular complexity index is 1020. The van der Waals surface area contributed by atoms with Crippen LogP contribution in [0.3, 0.4) is 0 Å². The van der Waals surface area contributed by atoms with Crippen LogP contribution < -0.4 is 15.0 Å². The van der Waals surface area contributed by atoms with E-state index in [1.54, 1.807) is 18.2 Å². The summed E-state index contributed by atoms with van der Waals surface area (Å²) in [5.41, 5.74) is 1.45. The molecule has 0 spiro atoms. The standard InChI is InChI=1S/C25H26F2N2O2/c1-16-20(25(30)28-18-6-4-3-5-7-18)15-29(14-17-8-10-19(31-2)11-9-17)24-22(27)13-12-21(26)23(16)24/h8-13,15,18H,1,3-7,14H2,2H3,(H,28,30). The molecule has 0 aromatic heterocycles. The van der Waals surface area contributed by atoms with Crippen molar-refractivity contribution >= 4 is 17.2 Å². The monoisotopic (exact) mass is 424 g/mol. The van der Waals surface area contributed by atoms with Gasteiger partial charge >= 0.3 is 0 Å². The van der Waals surface area contributed by atoms with Crippen molar-refractivity contribution in [2.45, 2.75) is 44.7 Å². The average molecular weight is 424 g/mol. The van der Waals surface area contributed by atoms with E-state index in [0.29, 0.717) is 5.75 Å². The minimum Gasteiger partial charge on any atom is -0.497 e. The third-order valence-corrected chi connectivity index (χ3v) is 5.97. The number of nitrogens with one attached hydrogen (secondary N) is 1. The number of ether oxygens (including phenoxy) is 1. The minimum atomic E-state index is -0.600. The summed E-state index contributed by atoms with van der Waals surface area (Å²) < 4.78 is 34.8. The van der Waals surface area contributed by atoms with E-state index >= 15 is 0 Å². The molecule has 4 rings (SSSR count). The zero-order valence-electron chi connectivity index (χ0n) is 17.6. The molecule has 1 aliphatic carbocycles. The van der Waals surface area contributed by atoms with Crippen LogP contribution in [0, 0.1) is 11.6 Å². The van der Waals surface area contributed by atoms with Crippen LogP contribution in [0.2, 0.25) is 0 Å². The van der Waals surface area contributed by atoms with E-state index in [2.05, 4.69) is 11.9 Å². The SMILES string of the molecule is C=C1C(C(=O)NC2CCCCC2)=CN(Cc2ccc(OC)cc2)c2c(F)ccc(F)c21. The highest BCUT2D eigenvalue weighted by molar-refractivity contribution is 6.11. The Kier molecular flexibility index (Phi) is 6.07. The fourth-order valence-electron chi connectivity index (χ4n) is 4.30. The van der Waals surface area contributed by atoms with Gasteiger partial charge in [0.05, 0.1) is 18.4 Å². The van der Waals surface area contributed by atoms with Gasteiger partial charge < -0.3 is 15.0 Å². The Morgan fingerprint density at radius 3 is 2.45 bits per heavy atom. The van der Waals surface area contributed by atoms with Crippen LogP contribution in [-0.4, -0.2) is 19.1 Å². The first-order valence-electron chi connectivity index (χ1n) is 10.6. The number of carbonyl (C=O) groups excluding carboxylic acids is 1. The predicted molar refractivity (Wildman–Crippen MR) is 118 cm³/mol. The second kappa shape index (κ2) is 8.92. The summed E-state index contributed by atoms with van der Waals surface area (Å²) in [5.74, 6) is -0.756. The lowest BCUT2D eigenvalue weighted by molar-refractivity contribution is -0.118. The van der Waals surface area contributed by atoms with Crippen molar-refractivity contribution in [3.63, 3.8) is 0 Å². The van der Waals surface area contributed by atoms with Crippen LogP contribution in [-0.2, 0) is 11.3 Å². The molecule has 1 aliphatic heterocycles. The number of hydrogen-bond donors (Lipinski definition) is 1. The van der Waals surface area contributed by atoms with Crippen molar-refractivity contribution in [3.05, 3.63) is 77.5 Å². The minimum absolute atomic E-state index is 0.0322. The van der Waals surface area contributed by atoms with Crippen LogP contribution in [0.1, 0.15) is 43.2 Å². The highest BCUT2D eigenvalue weighted by Crippen LogP contribution is 2.40. The van der Waals surface area contributed by atoms with Gasteiger partial charge in [-0.2, -0.15) is 0 Å². The molecule has 1 fully saturated rings. The van der Waals surface area contributed by atoms with E-state index in [4.69, 9.17) is 4.74 Å². The number of nitrogens with zero attached hydrogens (tertiary/aromatic N) is 1. The number of rotatable bonds is 5. The normalized spacial score (nSPS) is 16.5. The third kappa shape index (κ3) is 4.33. The number of amides is 1. The van der Waals surface area contributed by atoms with Crippen LogP contribution in [0.15, 0.2) is 54.8 Å². The number of fused-ring (bicyclic) bond motifs is 1. The molecule has 4 nitrogen and oxygen atoms in total. The molecule has 2 aromatic carbocycles. The Labute approximate surface area is 181 Å². The molecular weight excluding hydrogens is 398 g/mol. The topological polar surface area (TPSA) is 41.6 Å². The number of carbonyl (C=O) groups is 1. The van der Waals surface area contributed by atoms with E-state index < -0.39 is 11.6 Å². The van der Waals surface area contributed by atoms with Crippen molar-refractivity contribution in [1.29, 1.82) is 0 Å². The lowest BCUT2D eigenvalue weighted by atomic mass is 9.91. The quantitative estimate of drug-likeness (QED) is 0.705. The van der Waals surface area contributed by atoms with Gasteiger partial charge in [0.1, 0.15) is 17.4 Å². The molecule has 1 saturated carbocycles. The number of methoxy groups -OCH3 is 1. The molecule has 31 heavy (non-hydrogen) atoms. The number of hydrogen-bond acceptors (Lipinski definition) is 3. The Morgan fingerprint density at radius 1 is 1.10 bits per heavy atom. The van der Waals surface area contributed by atoms with Crippen LogP contribution in [0.4, 0.5) is 14.5 Å². The molecule has 0 unspecified atom stereocenters. The smallest absolute Gasteiger partial charge is 0.253 e.